The lowest BCUT2D eigenvalue weighted by atomic mass is 10.3. The van der Waals surface area contributed by atoms with E-state index in [1.807, 2.05) is 30.5 Å². The predicted molar refractivity (Wildman–Crippen MR) is 93.9 cm³/mol. The van der Waals surface area contributed by atoms with Crippen molar-refractivity contribution < 1.29 is 14.4 Å². The molecule has 3 amide bonds. The number of hydrogen-bond acceptors (Lipinski definition) is 5. The lowest BCUT2D eigenvalue weighted by Gasteiger charge is -2.21. The number of anilines is 1. The van der Waals surface area contributed by atoms with Crippen molar-refractivity contribution in [3.8, 4) is 0 Å². The second-order valence-corrected chi connectivity index (χ2v) is 6.93. The van der Waals surface area contributed by atoms with Crippen LogP contribution in [-0.2, 0) is 9.59 Å². The summed E-state index contributed by atoms with van der Waals surface area (Å²) in [6.07, 6.45) is 1.94. The number of nitrogens with one attached hydrogen (secondary N) is 1. The molecule has 8 heteroatoms. The molecule has 1 aromatic rings. The van der Waals surface area contributed by atoms with Gasteiger partial charge in [0.1, 0.15) is 6.54 Å². The Labute approximate surface area is 144 Å². The summed E-state index contributed by atoms with van der Waals surface area (Å²) in [5.74, 6) is 0.209. The van der Waals surface area contributed by atoms with E-state index in [0.29, 0.717) is 12.3 Å². The molecule has 1 aliphatic rings. The highest BCUT2D eigenvalue weighted by Crippen LogP contribution is 2.24. The highest BCUT2D eigenvalue weighted by atomic mass is 32.2. The second-order valence-electron chi connectivity index (χ2n) is 5.03. The Morgan fingerprint density at radius 1 is 1.39 bits per heavy atom. The van der Waals surface area contributed by atoms with Gasteiger partial charge in [-0.1, -0.05) is 23.9 Å². The van der Waals surface area contributed by atoms with Crippen molar-refractivity contribution in [2.24, 2.45) is 0 Å². The standard InChI is InChI=1S/C15H19N3O3S2/c1-17(14(20)10-18-7-8-23-15(18)21)9-13(19)16-11-5-3-4-6-12(11)22-2/h3-6H,7-10H2,1-2H3,(H,16,19). The largest absolute Gasteiger partial charge is 0.335 e. The third-order valence-corrected chi connectivity index (χ3v) is 5.05. The van der Waals surface area contributed by atoms with Gasteiger partial charge in [0.2, 0.25) is 11.8 Å². The first-order chi connectivity index (χ1) is 11.0. The van der Waals surface area contributed by atoms with Crippen LogP contribution >= 0.6 is 23.5 Å². The smallest absolute Gasteiger partial charge is 0.282 e. The predicted octanol–water partition coefficient (Wildman–Crippen LogP) is 1.97. The summed E-state index contributed by atoms with van der Waals surface area (Å²) in [5, 5.41) is 2.73. The Morgan fingerprint density at radius 3 is 2.78 bits per heavy atom. The number of likely N-dealkylation sites (N-methyl/N-ethyl adjacent to an activating group) is 1. The Morgan fingerprint density at radius 2 is 2.13 bits per heavy atom. The zero-order chi connectivity index (χ0) is 16.8. The summed E-state index contributed by atoms with van der Waals surface area (Å²) < 4.78 is 0. The van der Waals surface area contributed by atoms with E-state index in [9.17, 15) is 14.4 Å². The Kier molecular flexibility index (Phi) is 6.35. The van der Waals surface area contributed by atoms with Crippen molar-refractivity contribution in [3.63, 3.8) is 0 Å². The molecule has 6 nitrogen and oxygen atoms in total. The van der Waals surface area contributed by atoms with Gasteiger partial charge in [0.25, 0.3) is 5.24 Å². The van der Waals surface area contributed by atoms with Crippen molar-refractivity contribution in [2.45, 2.75) is 4.90 Å². The summed E-state index contributed by atoms with van der Waals surface area (Å²) >= 11 is 2.76. The second kappa shape index (κ2) is 8.26. The summed E-state index contributed by atoms with van der Waals surface area (Å²) in [6.45, 7) is 0.560. The normalized spacial score (nSPS) is 14.0. The third kappa shape index (κ3) is 4.90. The lowest BCUT2D eigenvalue weighted by molar-refractivity contribution is -0.133. The Balaban J connectivity index is 1.86. The maximum atomic E-state index is 12.1. The quantitative estimate of drug-likeness (QED) is 0.792. The molecule has 0 spiro atoms. The minimum atomic E-state index is -0.260. The van der Waals surface area contributed by atoms with Gasteiger partial charge in [-0.2, -0.15) is 0 Å². The average Bonchev–Trinajstić information content (AvgIpc) is 2.92. The number of thioether (sulfide) groups is 2. The number of hydrogen-bond donors (Lipinski definition) is 1. The third-order valence-electron chi connectivity index (χ3n) is 3.36. The molecule has 1 fully saturated rings. The SMILES string of the molecule is CSc1ccccc1NC(=O)CN(C)C(=O)CN1CCSC1=O. The fourth-order valence-electron chi connectivity index (χ4n) is 2.09. The molecule has 2 rings (SSSR count). The molecule has 1 saturated heterocycles. The van der Waals surface area contributed by atoms with Crippen LogP contribution in [0.5, 0.6) is 0 Å². The number of para-hydroxylation sites is 1. The van der Waals surface area contributed by atoms with Crippen molar-refractivity contribution in [1.29, 1.82) is 0 Å². The number of nitrogens with zero attached hydrogens (tertiary/aromatic N) is 2. The lowest BCUT2D eigenvalue weighted by Crippen LogP contribution is -2.41. The number of rotatable bonds is 6. The van der Waals surface area contributed by atoms with Crippen LogP contribution in [0.25, 0.3) is 0 Å². The van der Waals surface area contributed by atoms with Gasteiger partial charge in [-0.25, -0.2) is 0 Å². The van der Waals surface area contributed by atoms with E-state index in [1.165, 1.54) is 21.6 Å². The number of carbonyl (C=O) groups excluding carboxylic acids is 3. The number of benzene rings is 1. The molecule has 0 aromatic heterocycles. The van der Waals surface area contributed by atoms with Crippen molar-refractivity contribution >= 4 is 46.3 Å². The fourth-order valence-corrected chi connectivity index (χ4v) is 3.47. The minimum Gasteiger partial charge on any atom is -0.335 e. The van der Waals surface area contributed by atoms with E-state index in [0.717, 1.165) is 10.6 Å². The zero-order valence-corrected chi connectivity index (χ0v) is 14.7. The Bertz CT molecular complexity index is 609. The molecule has 0 radical (unpaired) electrons. The van der Waals surface area contributed by atoms with Crippen LogP contribution < -0.4 is 5.32 Å². The van der Waals surface area contributed by atoms with Crippen LogP contribution in [0.15, 0.2) is 29.2 Å². The highest BCUT2D eigenvalue weighted by molar-refractivity contribution is 8.13. The molecule has 1 aliphatic heterocycles. The van der Waals surface area contributed by atoms with E-state index >= 15 is 0 Å². The zero-order valence-electron chi connectivity index (χ0n) is 13.1. The summed E-state index contributed by atoms with van der Waals surface area (Å²) in [7, 11) is 1.57. The van der Waals surface area contributed by atoms with Gasteiger partial charge < -0.3 is 15.1 Å². The molecule has 0 unspecified atom stereocenters. The first-order valence-electron chi connectivity index (χ1n) is 7.10. The molecular formula is C15H19N3O3S2. The topological polar surface area (TPSA) is 69.7 Å². The highest BCUT2D eigenvalue weighted by Gasteiger charge is 2.25. The molecule has 0 saturated carbocycles. The minimum absolute atomic E-state index is 0.0248. The molecule has 1 N–H and O–H groups in total. The average molecular weight is 353 g/mol. The summed E-state index contributed by atoms with van der Waals surface area (Å²) in [4.78, 5) is 39.5. The van der Waals surface area contributed by atoms with Crippen LogP contribution in [0.1, 0.15) is 0 Å². The number of carbonyl (C=O) groups is 3. The van der Waals surface area contributed by atoms with Crippen molar-refractivity contribution in [2.75, 3.05) is 44.0 Å². The Hall–Kier alpha value is -1.67. The van der Waals surface area contributed by atoms with Crippen molar-refractivity contribution in [1.82, 2.24) is 9.80 Å². The van der Waals surface area contributed by atoms with Crippen LogP contribution in [0.4, 0.5) is 10.5 Å². The van der Waals surface area contributed by atoms with Crippen molar-refractivity contribution in [3.05, 3.63) is 24.3 Å². The fraction of sp³-hybridized carbons (Fsp3) is 0.400. The molecule has 0 bridgehead atoms. The number of amides is 3. The van der Waals surface area contributed by atoms with Crippen LogP contribution in [0.2, 0.25) is 0 Å². The maximum Gasteiger partial charge on any atom is 0.282 e. The molecule has 0 atom stereocenters. The van der Waals surface area contributed by atoms with E-state index in [1.54, 1.807) is 18.8 Å². The van der Waals surface area contributed by atoms with Crippen LogP contribution in [0.3, 0.4) is 0 Å². The van der Waals surface area contributed by atoms with E-state index in [4.69, 9.17) is 0 Å². The van der Waals surface area contributed by atoms with Crippen LogP contribution in [0, 0.1) is 0 Å². The summed E-state index contributed by atoms with van der Waals surface area (Å²) in [5.41, 5.74) is 0.733. The molecule has 1 aromatic carbocycles. The molecule has 23 heavy (non-hydrogen) atoms. The van der Waals surface area contributed by atoms with Gasteiger partial charge in [-0.15, -0.1) is 11.8 Å². The monoisotopic (exact) mass is 353 g/mol. The molecule has 0 aliphatic carbocycles. The van der Waals surface area contributed by atoms with Gasteiger partial charge in [0, 0.05) is 24.2 Å². The first-order valence-corrected chi connectivity index (χ1v) is 9.31. The maximum absolute atomic E-state index is 12.1. The van der Waals surface area contributed by atoms with E-state index in [2.05, 4.69) is 5.32 Å². The van der Waals surface area contributed by atoms with Gasteiger partial charge in [0.15, 0.2) is 0 Å². The van der Waals surface area contributed by atoms with E-state index in [-0.39, 0.29) is 30.1 Å². The molecular weight excluding hydrogens is 334 g/mol. The summed E-state index contributed by atoms with van der Waals surface area (Å²) in [6, 6.07) is 7.50. The van der Waals surface area contributed by atoms with Gasteiger partial charge in [-0.3, -0.25) is 14.4 Å². The van der Waals surface area contributed by atoms with Crippen LogP contribution in [-0.4, -0.2) is 65.5 Å². The first kappa shape index (κ1) is 17.7. The molecule has 1 heterocycles. The van der Waals surface area contributed by atoms with Gasteiger partial charge in [-0.05, 0) is 18.4 Å². The van der Waals surface area contributed by atoms with E-state index < -0.39 is 0 Å². The van der Waals surface area contributed by atoms with Gasteiger partial charge >= 0.3 is 0 Å². The van der Waals surface area contributed by atoms with Gasteiger partial charge in [0.05, 0.1) is 12.2 Å². The molecule has 124 valence electrons.